The van der Waals surface area contributed by atoms with Crippen LogP contribution in [-0.4, -0.2) is 9.97 Å². The van der Waals surface area contributed by atoms with Gasteiger partial charge in [-0.2, -0.15) is 0 Å². The van der Waals surface area contributed by atoms with Gasteiger partial charge in [-0.15, -0.1) is 0 Å². The van der Waals surface area contributed by atoms with Crippen LogP contribution in [0.4, 0.5) is 0 Å². The van der Waals surface area contributed by atoms with Crippen molar-refractivity contribution < 1.29 is 0 Å². The number of fused-ring (bicyclic) bond motifs is 2. The van der Waals surface area contributed by atoms with Crippen LogP contribution >= 0.6 is 0 Å². The molecule has 3 rings (SSSR count). The molecule has 1 N–H and O–H groups in total. The number of aromatic nitrogens is 2. The maximum absolute atomic E-state index is 11.2. The first-order valence-corrected chi connectivity index (χ1v) is 5.13. The second-order valence-corrected chi connectivity index (χ2v) is 3.94. The fourth-order valence-electron chi connectivity index (χ4n) is 1.86. The molecule has 0 unspecified atom stereocenters. The third-order valence-electron chi connectivity index (χ3n) is 2.66. The highest BCUT2D eigenvalue weighted by atomic mass is 16.1. The van der Waals surface area contributed by atoms with E-state index in [1.54, 1.807) is 6.07 Å². The Labute approximate surface area is 91.8 Å². The number of rotatable bonds is 0. The van der Waals surface area contributed by atoms with E-state index >= 15 is 0 Å². The van der Waals surface area contributed by atoms with Crippen LogP contribution in [0.25, 0.3) is 21.9 Å². The van der Waals surface area contributed by atoms with Gasteiger partial charge in [-0.1, -0.05) is 11.6 Å². The average molecular weight is 210 g/mol. The van der Waals surface area contributed by atoms with Gasteiger partial charge in [0.05, 0.1) is 5.52 Å². The van der Waals surface area contributed by atoms with E-state index in [2.05, 4.69) is 23.0 Å². The summed E-state index contributed by atoms with van der Waals surface area (Å²) < 4.78 is 0. The van der Waals surface area contributed by atoms with Gasteiger partial charge in [0, 0.05) is 16.8 Å². The van der Waals surface area contributed by atoms with Crippen molar-refractivity contribution in [3.63, 3.8) is 0 Å². The van der Waals surface area contributed by atoms with Gasteiger partial charge in [0.2, 0.25) is 5.56 Å². The first kappa shape index (κ1) is 9.09. The van der Waals surface area contributed by atoms with Gasteiger partial charge in [0.25, 0.3) is 0 Å². The average Bonchev–Trinajstić information content (AvgIpc) is 2.26. The molecule has 3 aromatic rings. The minimum Gasteiger partial charge on any atom is -0.307 e. The molecular weight excluding hydrogens is 200 g/mol. The second-order valence-electron chi connectivity index (χ2n) is 3.94. The Morgan fingerprint density at radius 1 is 1.06 bits per heavy atom. The monoisotopic (exact) mass is 210 g/mol. The molecule has 0 aliphatic heterocycles. The van der Waals surface area contributed by atoms with Crippen LogP contribution in [0, 0.1) is 6.92 Å². The Morgan fingerprint density at radius 2 is 1.94 bits per heavy atom. The molecule has 0 bridgehead atoms. The molecule has 1 aromatic carbocycles. The highest BCUT2D eigenvalue weighted by molar-refractivity contribution is 5.91. The molecule has 0 saturated heterocycles. The van der Waals surface area contributed by atoms with Gasteiger partial charge in [-0.05, 0) is 31.2 Å². The number of pyridine rings is 2. The minimum atomic E-state index is -0.119. The zero-order valence-electron chi connectivity index (χ0n) is 8.82. The summed E-state index contributed by atoms with van der Waals surface area (Å²) in [5, 5.41) is 2.05. The lowest BCUT2D eigenvalue weighted by atomic mass is 10.1. The van der Waals surface area contributed by atoms with Crippen molar-refractivity contribution in [2.24, 2.45) is 0 Å². The van der Waals surface area contributed by atoms with Crippen LogP contribution in [0.5, 0.6) is 0 Å². The maximum atomic E-state index is 11.2. The lowest BCUT2D eigenvalue weighted by Gasteiger charge is -2.01. The second kappa shape index (κ2) is 3.17. The molecule has 0 saturated carbocycles. The summed E-state index contributed by atoms with van der Waals surface area (Å²) in [6.07, 6.45) is 0. The van der Waals surface area contributed by atoms with Crippen molar-refractivity contribution in [2.45, 2.75) is 6.92 Å². The summed E-state index contributed by atoms with van der Waals surface area (Å²) >= 11 is 0. The zero-order chi connectivity index (χ0) is 11.1. The molecule has 0 spiro atoms. The first-order valence-electron chi connectivity index (χ1n) is 5.13. The molecule has 0 atom stereocenters. The van der Waals surface area contributed by atoms with Crippen molar-refractivity contribution >= 4 is 21.9 Å². The quantitative estimate of drug-likeness (QED) is 0.579. The Balaban J connectivity index is 2.48. The van der Waals surface area contributed by atoms with Crippen molar-refractivity contribution in [1.29, 1.82) is 0 Å². The molecule has 2 aromatic heterocycles. The maximum Gasteiger partial charge on any atom is 0.249 e. The summed E-state index contributed by atoms with van der Waals surface area (Å²) in [6, 6.07) is 11.4. The summed E-state index contributed by atoms with van der Waals surface area (Å²) in [5.41, 5.74) is 2.63. The molecule has 0 radical (unpaired) electrons. The number of aromatic amines is 1. The van der Waals surface area contributed by atoms with E-state index in [0.717, 1.165) is 16.3 Å². The first-order chi connectivity index (χ1) is 7.72. The molecule has 0 aliphatic carbocycles. The third-order valence-corrected chi connectivity index (χ3v) is 2.66. The lowest BCUT2D eigenvalue weighted by molar-refractivity contribution is 1.25. The molecule has 0 aliphatic rings. The van der Waals surface area contributed by atoms with Crippen molar-refractivity contribution in [3.8, 4) is 0 Å². The molecule has 3 nitrogen and oxygen atoms in total. The number of hydrogen-bond acceptors (Lipinski definition) is 2. The molecule has 16 heavy (non-hydrogen) atoms. The van der Waals surface area contributed by atoms with Gasteiger partial charge < -0.3 is 4.98 Å². The molecule has 3 heteroatoms. The Kier molecular flexibility index (Phi) is 1.80. The number of H-pyrrole nitrogens is 1. The molecule has 0 amide bonds. The van der Waals surface area contributed by atoms with Crippen LogP contribution in [0.2, 0.25) is 0 Å². The normalized spacial score (nSPS) is 11.1. The molecule has 78 valence electrons. The molecule has 0 fully saturated rings. The van der Waals surface area contributed by atoms with E-state index in [0.29, 0.717) is 5.65 Å². The van der Waals surface area contributed by atoms with Gasteiger partial charge in [-0.3, -0.25) is 4.79 Å². The van der Waals surface area contributed by atoms with E-state index in [9.17, 15) is 4.79 Å². The van der Waals surface area contributed by atoms with Crippen LogP contribution in [0.3, 0.4) is 0 Å². The van der Waals surface area contributed by atoms with E-state index in [1.165, 1.54) is 11.6 Å². The van der Waals surface area contributed by atoms with E-state index in [1.807, 2.05) is 18.2 Å². The van der Waals surface area contributed by atoms with Gasteiger partial charge in [0.1, 0.15) is 5.65 Å². The van der Waals surface area contributed by atoms with Gasteiger partial charge in [-0.25, -0.2) is 4.98 Å². The zero-order valence-corrected chi connectivity index (χ0v) is 8.82. The predicted molar refractivity (Wildman–Crippen MR) is 64.6 cm³/mol. The van der Waals surface area contributed by atoms with Crippen LogP contribution < -0.4 is 5.56 Å². The fraction of sp³-hybridized carbons (Fsp3) is 0.0769. The van der Waals surface area contributed by atoms with Gasteiger partial charge in [0.15, 0.2) is 0 Å². The van der Waals surface area contributed by atoms with Crippen LogP contribution in [0.1, 0.15) is 5.56 Å². The van der Waals surface area contributed by atoms with Crippen LogP contribution in [-0.2, 0) is 0 Å². The fourth-order valence-corrected chi connectivity index (χ4v) is 1.86. The number of hydrogen-bond donors (Lipinski definition) is 1. The standard InChI is InChI=1S/C13H10N2O/c1-8-2-4-11-10(6-8)7-9-3-5-12(16)15-13(9)14-11/h2-7H,1H3,(H,14,15,16). The van der Waals surface area contributed by atoms with E-state index in [-0.39, 0.29) is 5.56 Å². The summed E-state index contributed by atoms with van der Waals surface area (Å²) in [4.78, 5) is 18.3. The minimum absolute atomic E-state index is 0.119. The van der Waals surface area contributed by atoms with Crippen LogP contribution in [0.15, 0.2) is 41.2 Å². The SMILES string of the molecule is Cc1ccc2nc3[nH]c(=O)ccc3cc2c1. The molecular formula is C13H10N2O. The number of benzene rings is 1. The van der Waals surface area contributed by atoms with Crippen molar-refractivity contribution in [2.75, 3.05) is 0 Å². The summed E-state index contributed by atoms with van der Waals surface area (Å²) in [7, 11) is 0. The predicted octanol–water partition coefficient (Wildman–Crippen LogP) is 2.38. The smallest absolute Gasteiger partial charge is 0.249 e. The van der Waals surface area contributed by atoms with E-state index < -0.39 is 0 Å². The van der Waals surface area contributed by atoms with Crippen molar-refractivity contribution in [1.82, 2.24) is 9.97 Å². The topological polar surface area (TPSA) is 45.8 Å². The van der Waals surface area contributed by atoms with E-state index in [4.69, 9.17) is 0 Å². The highest BCUT2D eigenvalue weighted by Gasteiger charge is 2.00. The Morgan fingerprint density at radius 3 is 2.81 bits per heavy atom. The summed E-state index contributed by atoms with van der Waals surface area (Å²) in [5.74, 6) is 0. The van der Waals surface area contributed by atoms with Gasteiger partial charge >= 0.3 is 0 Å². The Bertz CT molecular complexity index is 744. The summed E-state index contributed by atoms with van der Waals surface area (Å²) in [6.45, 7) is 2.05. The molecule has 2 heterocycles. The van der Waals surface area contributed by atoms with Crippen molar-refractivity contribution in [3.05, 3.63) is 52.3 Å². The Hall–Kier alpha value is -2.16. The third kappa shape index (κ3) is 1.37. The highest BCUT2D eigenvalue weighted by Crippen LogP contribution is 2.18. The largest absolute Gasteiger partial charge is 0.307 e. The number of aryl methyl sites for hydroxylation is 1. The lowest BCUT2D eigenvalue weighted by Crippen LogP contribution is -2.03. The number of nitrogens with one attached hydrogen (secondary N) is 1. The number of nitrogens with zero attached hydrogens (tertiary/aromatic N) is 1.